The van der Waals surface area contributed by atoms with Crippen molar-refractivity contribution in [3.8, 4) is 0 Å². The maximum Gasteiger partial charge on any atom is 0.149 e. The molecule has 0 amide bonds. The number of aromatic nitrogens is 1. The number of pyridine rings is 1. The first kappa shape index (κ1) is 9.90. The van der Waals surface area contributed by atoms with Crippen LogP contribution in [0, 0.1) is 5.82 Å². The van der Waals surface area contributed by atoms with Gasteiger partial charge < -0.3 is 5.73 Å². The highest BCUT2D eigenvalue weighted by atomic mass is 19.1. The van der Waals surface area contributed by atoms with Crippen LogP contribution in [0.1, 0.15) is 25.3 Å². The Morgan fingerprint density at radius 3 is 2.73 bits per heavy atom. The van der Waals surface area contributed by atoms with Gasteiger partial charge in [0.1, 0.15) is 11.3 Å². The Hall–Kier alpha value is -1.64. The molecule has 0 bridgehead atoms. The molecule has 0 saturated carbocycles. The lowest BCUT2D eigenvalue weighted by molar-refractivity contribution is 0.636. The maximum absolute atomic E-state index is 13.5. The molecule has 1 heterocycles. The molecule has 3 heteroatoms. The summed E-state index contributed by atoms with van der Waals surface area (Å²) >= 11 is 0. The molecule has 78 valence electrons. The van der Waals surface area contributed by atoms with Crippen LogP contribution in [0.5, 0.6) is 0 Å². The van der Waals surface area contributed by atoms with Crippen LogP contribution >= 0.6 is 0 Å². The zero-order valence-corrected chi connectivity index (χ0v) is 8.79. The van der Waals surface area contributed by atoms with Crippen molar-refractivity contribution in [2.75, 3.05) is 5.73 Å². The van der Waals surface area contributed by atoms with Crippen molar-refractivity contribution in [3.05, 3.63) is 35.8 Å². The monoisotopic (exact) mass is 204 g/mol. The first-order valence-electron chi connectivity index (χ1n) is 4.94. The Bertz CT molecular complexity index is 506. The van der Waals surface area contributed by atoms with Crippen LogP contribution in [0.2, 0.25) is 0 Å². The fraction of sp³-hybridized carbons (Fsp3) is 0.250. The number of benzene rings is 1. The number of rotatable bonds is 1. The van der Waals surface area contributed by atoms with Crippen molar-refractivity contribution in [1.29, 1.82) is 0 Å². The normalized spacial score (nSPS) is 11.2. The van der Waals surface area contributed by atoms with Crippen LogP contribution in [0.3, 0.4) is 0 Å². The lowest BCUT2D eigenvalue weighted by Gasteiger charge is -2.12. The SMILES string of the molecule is CC(C)c1c(N)cnc2c(F)cccc12. The van der Waals surface area contributed by atoms with Gasteiger partial charge in [0, 0.05) is 5.39 Å². The second-order valence-electron chi connectivity index (χ2n) is 3.92. The molecule has 0 aliphatic heterocycles. The third-order valence-corrected chi connectivity index (χ3v) is 2.50. The summed E-state index contributed by atoms with van der Waals surface area (Å²) in [5, 5.41) is 0.810. The van der Waals surface area contributed by atoms with E-state index in [0.717, 1.165) is 10.9 Å². The molecule has 2 nitrogen and oxygen atoms in total. The Balaban J connectivity index is 2.88. The molecule has 0 aliphatic rings. The van der Waals surface area contributed by atoms with E-state index in [4.69, 9.17) is 5.73 Å². The number of para-hydroxylation sites is 1. The average molecular weight is 204 g/mol. The van der Waals surface area contributed by atoms with Gasteiger partial charge >= 0.3 is 0 Å². The topological polar surface area (TPSA) is 38.9 Å². The maximum atomic E-state index is 13.5. The van der Waals surface area contributed by atoms with Gasteiger partial charge in [-0.2, -0.15) is 0 Å². The summed E-state index contributed by atoms with van der Waals surface area (Å²) in [6.07, 6.45) is 1.53. The highest BCUT2D eigenvalue weighted by Crippen LogP contribution is 2.29. The Morgan fingerprint density at radius 1 is 1.33 bits per heavy atom. The van der Waals surface area contributed by atoms with Crippen molar-refractivity contribution in [2.45, 2.75) is 19.8 Å². The van der Waals surface area contributed by atoms with E-state index in [0.29, 0.717) is 11.2 Å². The van der Waals surface area contributed by atoms with E-state index >= 15 is 0 Å². The Kier molecular flexibility index (Phi) is 2.31. The molecule has 15 heavy (non-hydrogen) atoms. The fourth-order valence-corrected chi connectivity index (χ4v) is 1.87. The van der Waals surface area contributed by atoms with Crippen molar-refractivity contribution < 1.29 is 4.39 Å². The van der Waals surface area contributed by atoms with Crippen LogP contribution in [-0.4, -0.2) is 4.98 Å². The van der Waals surface area contributed by atoms with Crippen LogP contribution in [0.15, 0.2) is 24.4 Å². The molecular formula is C12H13FN2. The summed E-state index contributed by atoms with van der Waals surface area (Å²) in [5.74, 6) is -0.0355. The minimum Gasteiger partial charge on any atom is -0.397 e. The Morgan fingerprint density at radius 2 is 2.07 bits per heavy atom. The third kappa shape index (κ3) is 1.54. The van der Waals surface area contributed by atoms with Gasteiger partial charge in [-0.15, -0.1) is 0 Å². The van der Waals surface area contributed by atoms with Crippen molar-refractivity contribution in [3.63, 3.8) is 0 Å². The number of hydrogen-bond acceptors (Lipinski definition) is 2. The quantitative estimate of drug-likeness (QED) is 0.775. The van der Waals surface area contributed by atoms with Crippen LogP contribution in [0.25, 0.3) is 10.9 Å². The molecule has 0 saturated heterocycles. The molecule has 0 aliphatic carbocycles. The van der Waals surface area contributed by atoms with Gasteiger partial charge in [0.05, 0.1) is 11.9 Å². The lowest BCUT2D eigenvalue weighted by Crippen LogP contribution is -2.00. The van der Waals surface area contributed by atoms with Crippen LogP contribution in [-0.2, 0) is 0 Å². The molecule has 2 rings (SSSR count). The first-order chi connectivity index (χ1) is 7.11. The summed E-state index contributed by atoms with van der Waals surface area (Å²) in [6.45, 7) is 4.08. The predicted molar refractivity (Wildman–Crippen MR) is 60.2 cm³/mol. The minimum atomic E-state index is -0.297. The molecule has 0 radical (unpaired) electrons. The van der Waals surface area contributed by atoms with E-state index in [1.54, 1.807) is 6.07 Å². The van der Waals surface area contributed by atoms with Crippen molar-refractivity contribution in [2.24, 2.45) is 0 Å². The first-order valence-corrected chi connectivity index (χ1v) is 4.94. The third-order valence-electron chi connectivity index (χ3n) is 2.50. The number of nitrogen functional groups attached to an aromatic ring is 1. The molecule has 1 aromatic heterocycles. The second-order valence-corrected chi connectivity index (χ2v) is 3.92. The Labute approximate surface area is 87.9 Å². The van der Waals surface area contributed by atoms with E-state index in [-0.39, 0.29) is 11.7 Å². The molecule has 0 unspecified atom stereocenters. The van der Waals surface area contributed by atoms with Gasteiger partial charge in [0.15, 0.2) is 0 Å². The summed E-state index contributed by atoms with van der Waals surface area (Å²) in [4.78, 5) is 4.02. The summed E-state index contributed by atoms with van der Waals surface area (Å²) < 4.78 is 13.5. The van der Waals surface area contributed by atoms with Crippen LogP contribution < -0.4 is 5.73 Å². The molecule has 0 atom stereocenters. The molecule has 2 aromatic rings. The lowest BCUT2D eigenvalue weighted by atomic mass is 9.97. The fourth-order valence-electron chi connectivity index (χ4n) is 1.87. The molecule has 0 fully saturated rings. The molecular weight excluding hydrogens is 191 g/mol. The molecule has 1 aromatic carbocycles. The zero-order valence-electron chi connectivity index (χ0n) is 8.79. The minimum absolute atomic E-state index is 0.261. The van der Waals surface area contributed by atoms with E-state index in [1.807, 2.05) is 19.9 Å². The number of hydrogen-bond donors (Lipinski definition) is 1. The zero-order chi connectivity index (χ0) is 11.0. The smallest absolute Gasteiger partial charge is 0.149 e. The average Bonchev–Trinajstić information content (AvgIpc) is 2.17. The summed E-state index contributed by atoms with van der Waals surface area (Å²) in [7, 11) is 0. The van der Waals surface area contributed by atoms with Gasteiger partial charge in [0.25, 0.3) is 0 Å². The summed E-state index contributed by atoms with van der Waals surface area (Å²) in [5.41, 5.74) is 7.85. The molecule has 2 N–H and O–H groups in total. The molecule has 0 spiro atoms. The van der Waals surface area contributed by atoms with Gasteiger partial charge in [-0.1, -0.05) is 26.0 Å². The highest BCUT2D eigenvalue weighted by molar-refractivity contribution is 5.86. The van der Waals surface area contributed by atoms with Gasteiger partial charge in [-0.05, 0) is 17.5 Å². The van der Waals surface area contributed by atoms with E-state index in [2.05, 4.69) is 4.98 Å². The summed E-state index contributed by atoms with van der Waals surface area (Å²) in [6, 6.07) is 4.96. The van der Waals surface area contributed by atoms with E-state index in [9.17, 15) is 4.39 Å². The van der Waals surface area contributed by atoms with E-state index < -0.39 is 0 Å². The number of nitrogens with two attached hydrogens (primary N) is 1. The highest BCUT2D eigenvalue weighted by Gasteiger charge is 2.11. The number of nitrogens with zero attached hydrogens (tertiary/aromatic N) is 1. The predicted octanol–water partition coefficient (Wildman–Crippen LogP) is 3.08. The van der Waals surface area contributed by atoms with Gasteiger partial charge in [0.2, 0.25) is 0 Å². The second kappa shape index (κ2) is 3.50. The standard InChI is InChI=1S/C12H13FN2/c1-7(2)11-8-4-3-5-9(13)12(8)15-6-10(11)14/h3-7H,14H2,1-2H3. The number of halogens is 1. The van der Waals surface area contributed by atoms with Gasteiger partial charge in [-0.3, -0.25) is 4.98 Å². The largest absolute Gasteiger partial charge is 0.397 e. The number of anilines is 1. The van der Waals surface area contributed by atoms with Gasteiger partial charge in [-0.25, -0.2) is 4.39 Å². The van der Waals surface area contributed by atoms with Crippen molar-refractivity contribution >= 4 is 16.6 Å². The van der Waals surface area contributed by atoms with Crippen molar-refractivity contribution in [1.82, 2.24) is 4.98 Å². The van der Waals surface area contributed by atoms with E-state index in [1.165, 1.54) is 12.3 Å². The van der Waals surface area contributed by atoms with Crippen LogP contribution in [0.4, 0.5) is 10.1 Å². The number of fused-ring (bicyclic) bond motifs is 1.